The number of fused-ring (bicyclic) bond motifs is 1. The van der Waals surface area contributed by atoms with E-state index in [4.69, 9.17) is 9.47 Å². The number of carbonyl (C=O) groups excluding carboxylic acids is 3. The molecule has 1 atom stereocenters. The van der Waals surface area contributed by atoms with Gasteiger partial charge < -0.3 is 9.47 Å². The quantitative estimate of drug-likeness (QED) is 0.553. The fourth-order valence-electron chi connectivity index (χ4n) is 3.28. The molecule has 30 heavy (non-hydrogen) atoms. The van der Waals surface area contributed by atoms with Crippen LogP contribution < -0.4 is 9.64 Å². The van der Waals surface area contributed by atoms with E-state index < -0.39 is 12.1 Å². The molecule has 0 bridgehead atoms. The van der Waals surface area contributed by atoms with Gasteiger partial charge in [-0.05, 0) is 30.0 Å². The van der Waals surface area contributed by atoms with Gasteiger partial charge in [-0.3, -0.25) is 19.3 Å². The van der Waals surface area contributed by atoms with Gasteiger partial charge in [0.15, 0.2) is 6.10 Å². The molecule has 6 heteroatoms. The largest absolute Gasteiger partial charge is 0.491 e. The number of ketones is 1. The Hall–Kier alpha value is -3.15. The van der Waals surface area contributed by atoms with Crippen LogP contribution in [0.2, 0.25) is 0 Å². The third kappa shape index (κ3) is 4.87. The van der Waals surface area contributed by atoms with Crippen molar-refractivity contribution in [1.29, 1.82) is 0 Å². The summed E-state index contributed by atoms with van der Waals surface area (Å²) >= 11 is 0. The molecule has 1 aliphatic heterocycles. The second-order valence-electron chi connectivity index (χ2n) is 8.37. The summed E-state index contributed by atoms with van der Waals surface area (Å²) in [5.41, 5.74) is 2.10. The molecule has 0 saturated carbocycles. The van der Waals surface area contributed by atoms with E-state index in [9.17, 15) is 14.4 Å². The predicted molar refractivity (Wildman–Crippen MR) is 114 cm³/mol. The lowest BCUT2D eigenvalue weighted by Crippen LogP contribution is -2.38. The third-order valence-electron chi connectivity index (χ3n) is 5.03. The summed E-state index contributed by atoms with van der Waals surface area (Å²) in [4.78, 5) is 39.0. The van der Waals surface area contributed by atoms with E-state index in [0.29, 0.717) is 17.0 Å². The number of rotatable bonds is 5. The summed E-state index contributed by atoms with van der Waals surface area (Å²) in [7, 11) is 0. The van der Waals surface area contributed by atoms with Gasteiger partial charge in [-0.25, -0.2) is 0 Å². The van der Waals surface area contributed by atoms with Crippen molar-refractivity contribution in [3.8, 4) is 5.75 Å². The van der Waals surface area contributed by atoms with Gasteiger partial charge in [0.1, 0.15) is 12.3 Å². The third-order valence-corrected chi connectivity index (χ3v) is 5.03. The lowest BCUT2D eigenvalue weighted by molar-refractivity contribution is -0.145. The molecule has 0 fully saturated rings. The van der Waals surface area contributed by atoms with Crippen LogP contribution in [0.4, 0.5) is 5.69 Å². The normalized spacial score (nSPS) is 14.9. The van der Waals surface area contributed by atoms with Crippen LogP contribution in [0.3, 0.4) is 0 Å². The number of ether oxygens (including phenoxy) is 2. The first-order valence-corrected chi connectivity index (χ1v) is 10.0. The Bertz CT molecular complexity index is 943. The van der Waals surface area contributed by atoms with Gasteiger partial charge in [0, 0.05) is 5.56 Å². The van der Waals surface area contributed by atoms with Crippen LogP contribution in [0.25, 0.3) is 0 Å². The highest BCUT2D eigenvalue weighted by molar-refractivity contribution is 6.02. The first-order valence-electron chi connectivity index (χ1n) is 10.0. The van der Waals surface area contributed by atoms with Crippen molar-refractivity contribution in [3.05, 3.63) is 59.7 Å². The molecule has 0 aromatic heterocycles. The topological polar surface area (TPSA) is 72.9 Å². The molecule has 1 aliphatic rings. The lowest BCUT2D eigenvalue weighted by Gasteiger charge is -2.22. The molecule has 0 aliphatic carbocycles. The molecule has 0 spiro atoms. The van der Waals surface area contributed by atoms with Crippen LogP contribution in [0, 0.1) is 0 Å². The number of carbonyl (C=O) groups is 3. The lowest BCUT2D eigenvalue weighted by atomic mass is 9.86. The summed E-state index contributed by atoms with van der Waals surface area (Å²) in [5.74, 6) is -0.616. The number of amides is 1. The first-order chi connectivity index (χ1) is 14.2. The Morgan fingerprint density at radius 3 is 2.43 bits per heavy atom. The van der Waals surface area contributed by atoms with E-state index in [1.807, 2.05) is 12.1 Å². The highest BCUT2D eigenvalue weighted by Crippen LogP contribution is 2.31. The van der Waals surface area contributed by atoms with Crippen molar-refractivity contribution in [1.82, 2.24) is 0 Å². The van der Waals surface area contributed by atoms with Gasteiger partial charge in [-0.1, -0.05) is 57.2 Å². The van der Waals surface area contributed by atoms with Crippen molar-refractivity contribution in [2.24, 2.45) is 0 Å². The first kappa shape index (κ1) is 21.6. The molecule has 1 amide bonds. The summed E-state index contributed by atoms with van der Waals surface area (Å²) in [6, 6.07) is 14.4. The minimum atomic E-state index is -0.952. The zero-order valence-electron chi connectivity index (χ0n) is 17.8. The van der Waals surface area contributed by atoms with Crippen LogP contribution in [-0.4, -0.2) is 36.9 Å². The number of para-hydroxylation sites is 2. The van der Waals surface area contributed by atoms with E-state index in [-0.39, 0.29) is 36.7 Å². The Morgan fingerprint density at radius 1 is 1.10 bits per heavy atom. The summed E-state index contributed by atoms with van der Waals surface area (Å²) < 4.78 is 10.9. The van der Waals surface area contributed by atoms with Crippen molar-refractivity contribution < 1.29 is 23.9 Å². The van der Waals surface area contributed by atoms with Crippen molar-refractivity contribution >= 4 is 23.3 Å². The van der Waals surface area contributed by atoms with E-state index >= 15 is 0 Å². The van der Waals surface area contributed by atoms with E-state index in [1.165, 1.54) is 4.90 Å². The molecule has 2 aromatic carbocycles. The molecule has 1 heterocycles. The number of Topliss-reactive ketones (excluding diaryl/α,β-unsaturated/α-hetero) is 1. The molecule has 2 aromatic rings. The number of benzene rings is 2. The predicted octanol–water partition coefficient (Wildman–Crippen LogP) is 3.91. The molecule has 0 radical (unpaired) electrons. The summed E-state index contributed by atoms with van der Waals surface area (Å²) in [6.07, 6.45) is -0.789. The maximum Gasteiger partial charge on any atom is 0.326 e. The van der Waals surface area contributed by atoms with Crippen LogP contribution in [0.1, 0.15) is 50.0 Å². The van der Waals surface area contributed by atoms with E-state index in [1.54, 1.807) is 43.3 Å². The summed E-state index contributed by atoms with van der Waals surface area (Å²) in [6.45, 7) is 7.81. The second-order valence-corrected chi connectivity index (χ2v) is 8.37. The fraction of sp³-hybridized carbons (Fsp3) is 0.375. The van der Waals surface area contributed by atoms with Crippen LogP contribution in [0.15, 0.2) is 48.5 Å². The minimum Gasteiger partial charge on any atom is -0.491 e. The monoisotopic (exact) mass is 409 g/mol. The zero-order valence-corrected chi connectivity index (χ0v) is 17.8. The van der Waals surface area contributed by atoms with Gasteiger partial charge in [0.05, 0.1) is 18.7 Å². The van der Waals surface area contributed by atoms with Crippen LogP contribution >= 0.6 is 0 Å². The maximum atomic E-state index is 12.7. The SMILES string of the molecule is C[C@H](OC(=O)CN1C(=O)CCOc2ccccc21)C(=O)c1ccc(C(C)(C)C)cc1. The van der Waals surface area contributed by atoms with Crippen LogP contribution in [0.5, 0.6) is 5.75 Å². The molecule has 158 valence electrons. The average molecular weight is 409 g/mol. The van der Waals surface area contributed by atoms with Gasteiger partial charge in [0.25, 0.3) is 0 Å². The number of hydrogen-bond donors (Lipinski definition) is 0. The van der Waals surface area contributed by atoms with Crippen molar-refractivity contribution in [2.45, 2.75) is 45.6 Å². The molecule has 0 saturated heterocycles. The number of hydrogen-bond acceptors (Lipinski definition) is 5. The second kappa shape index (κ2) is 8.69. The van der Waals surface area contributed by atoms with Crippen molar-refractivity contribution in [2.75, 3.05) is 18.1 Å². The van der Waals surface area contributed by atoms with Crippen LogP contribution in [-0.2, 0) is 19.7 Å². The van der Waals surface area contributed by atoms with Gasteiger partial charge in [-0.2, -0.15) is 0 Å². The highest BCUT2D eigenvalue weighted by atomic mass is 16.5. The minimum absolute atomic E-state index is 0.0145. The smallest absolute Gasteiger partial charge is 0.326 e. The molecule has 3 rings (SSSR count). The number of anilines is 1. The van der Waals surface area contributed by atoms with Crippen molar-refractivity contribution in [3.63, 3.8) is 0 Å². The maximum absolute atomic E-state index is 12.7. The molecular formula is C24H27NO5. The Morgan fingerprint density at radius 2 is 1.77 bits per heavy atom. The van der Waals surface area contributed by atoms with E-state index in [2.05, 4.69) is 20.8 Å². The standard InChI is InChI=1S/C24H27NO5/c1-16(23(28)17-9-11-18(12-10-17)24(2,3)4)30-22(27)15-25-19-7-5-6-8-20(19)29-14-13-21(25)26/h5-12,16H,13-15H2,1-4H3/t16-/m0/s1. The van der Waals surface area contributed by atoms with Gasteiger partial charge in [0.2, 0.25) is 11.7 Å². The zero-order chi connectivity index (χ0) is 21.9. The molecule has 0 unspecified atom stereocenters. The Balaban J connectivity index is 1.67. The number of nitrogens with zero attached hydrogens (tertiary/aromatic N) is 1. The number of esters is 1. The van der Waals surface area contributed by atoms with Gasteiger partial charge in [-0.15, -0.1) is 0 Å². The molecule has 6 nitrogen and oxygen atoms in total. The highest BCUT2D eigenvalue weighted by Gasteiger charge is 2.27. The Labute approximate surface area is 176 Å². The average Bonchev–Trinajstić information content (AvgIpc) is 2.86. The Kier molecular flexibility index (Phi) is 6.25. The fourth-order valence-corrected chi connectivity index (χ4v) is 3.28. The van der Waals surface area contributed by atoms with E-state index in [0.717, 1.165) is 5.56 Å². The van der Waals surface area contributed by atoms with Gasteiger partial charge >= 0.3 is 5.97 Å². The summed E-state index contributed by atoms with van der Waals surface area (Å²) in [5, 5.41) is 0. The molecule has 0 N–H and O–H groups in total. The molecular weight excluding hydrogens is 382 g/mol.